The lowest BCUT2D eigenvalue weighted by molar-refractivity contribution is 0.0690. The number of pyridine rings is 1. The van der Waals surface area contributed by atoms with E-state index in [9.17, 15) is 4.79 Å². The van der Waals surface area contributed by atoms with Gasteiger partial charge >= 0.3 is 5.97 Å². The molecule has 0 spiro atoms. The summed E-state index contributed by atoms with van der Waals surface area (Å²) in [6.45, 7) is 4.79. The first-order valence-electron chi connectivity index (χ1n) is 6.60. The summed E-state index contributed by atoms with van der Waals surface area (Å²) in [6.07, 6.45) is 0. The van der Waals surface area contributed by atoms with Crippen LogP contribution in [-0.2, 0) is 6.54 Å². The predicted octanol–water partition coefficient (Wildman–Crippen LogP) is 3.52. The van der Waals surface area contributed by atoms with Crippen LogP contribution in [0.3, 0.4) is 0 Å². The third-order valence-corrected chi connectivity index (χ3v) is 3.07. The minimum absolute atomic E-state index is 0.0708. The molecule has 0 aliphatic rings. The molecule has 2 N–H and O–H groups in total. The lowest BCUT2D eigenvalue weighted by atomic mass is 10.0. The number of benzene rings is 1. The molecule has 20 heavy (non-hydrogen) atoms. The summed E-state index contributed by atoms with van der Waals surface area (Å²) in [4.78, 5) is 15.0. The maximum Gasteiger partial charge on any atom is 0.354 e. The highest BCUT2D eigenvalue weighted by atomic mass is 16.4. The summed E-state index contributed by atoms with van der Waals surface area (Å²) in [5.74, 6) is -0.577. The fourth-order valence-electron chi connectivity index (χ4n) is 2.04. The van der Waals surface area contributed by atoms with Gasteiger partial charge in [0.1, 0.15) is 5.69 Å². The molecule has 0 amide bonds. The van der Waals surface area contributed by atoms with Crippen molar-refractivity contribution in [2.75, 3.05) is 5.32 Å². The Morgan fingerprint density at radius 2 is 1.95 bits per heavy atom. The Kier molecular flexibility index (Phi) is 4.35. The molecule has 0 fully saturated rings. The molecule has 1 aromatic heterocycles. The fourth-order valence-corrected chi connectivity index (χ4v) is 2.04. The van der Waals surface area contributed by atoms with E-state index in [2.05, 4.69) is 30.2 Å². The van der Waals surface area contributed by atoms with Gasteiger partial charge in [0.25, 0.3) is 0 Å². The van der Waals surface area contributed by atoms with Crippen molar-refractivity contribution in [1.29, 1.82) is 0 Å². The molecule has 0 aliphatic carbocycles. The third kappa shape index (κ3) is 3.35. The Morgan fingerprint density at radius 1 is 1.20 bits per heavy atom. The van der Waals surface area contributed by atoms with Crippen LogP contribution in [0.4, 0.5) is 5.69 Å². The monoisotopic (exact) mass is 270 g/mol. The standard InChI is InChI=1S/C16H18N2O2/c1-11(2)13-7-3-4-8-14(13)17-10-12-6-5-9-15(18-12)16(19)20/h3-9,11,17H,10H2,1-2H3,(H,19,20). The summed E-state index contributed by atoms with van der Waals surface area (Å²) >= 11 is 0. The number of para-hydroxylation sites is 1. The number of carboxylic acid groups (broad SMARTS) is 1. The van der Waals surface area contributed by atoms with Crippen LogP contribution in [0.15, 0.2) is 42.5 Å². The minimum Gasteiger partial charge on any atom is -0.477 e. The van der Waals surface area contributed by atoms with E-state index in [1.165, 1.54) is 11.6 Å². The number of hydrogen-bond donors (Lipinski definition) is 2. The molecule has 2 rings (SSSR count). The number of nitrogens with one attached hydrogen (secondary N) is 1. The highest BCUT2D eigenvalue weighted by molar-refractivity contribution is 5.85. The molecule has 0 aliphatic heterocycles. The summed E-state index contributed by atoms with van der Waals surface area (Å²) in [6, 6.07) is 13.1. The maximum absolute atomic E-state index is 10.9. The number of nitrogens with zero attached hydrogens (tertiary/aromatic N) is 1. The molecular weight excluding hydrogens is 252 g/mol. The van der Waals surface area contributed by atoms with E-state index in [1.54, 1.807) is 6.07 Å². The van der Waals surface area contributed by atoms with Gasteiger partial charge in [-0.2, -0.15) is 0 Å². The average molecular weight is 270 g/mol. The van der Waals surface area contributed by atoms with Crippen molar-refractivity contribution in [2.45, 2.75) is 26.3 Å². The third-order valence-electron chi connectivity index (χ3n) is 3.07. The van der Waals surface area contributed by atoms with Gasteiger partial charge in [-0.15, -0.1) is 0 Å². The lowest BCUT2D eigenvalue weighted by Gasteiger charge is -2.14. The molecule has 4 heteroatoms. The van der Waals surface area contributed by atoms with E-state index in [-0.39, 0.29) is 5.69 Å². The fraction of sp³-hybridized carbons (Fsp3) is 0.250. The Hall–Kier alpha value is -2.36. The smallest absolute Gasteiger partial charge is 0.354 e. The molecular formula is C16H18N2O2. The first-order chi connectivity index (χ1) is 9.58. The molecule has 4 nitrogen and oxygen atoms in total. The Labute approximate surface area is 118 Å². The topological polar surface area (TPSA) is 62.2 Å². The first kappa shape index (κ1) is 14.1. The molecule has 0 bridgehead atoms. The highest BCUT2D eigenvalue weighted by Gasteiger charge is 2.07. The summed E-state index contributed by atoms with van der Waals surface area (Å²) in [5, 5.41) is 12.3. The van der Waals surface area contributed by atoms with Gasteiger partial charge in [0.2, 0.25) is 0 Å². The van der Waals surface area contributed by atoms with E-state index in [1.807, 2.05) is 24.3 Å². The normalized spacial score (nSPS) is 10.6. The van der Waals surface area contributed by atoms with Gasteiger partial charge in [-0.1, -0.05) is 38.1 Å². The molecule has 2 aromatic rings. The van der Waals surface area contributed by atoms with Crippen LogP contribution < -0.4 is 5.32 Å². The van der Waals surface area contributed by atoms with Crippen molar-refractivity contribution in [3.8, 4) is 0 Å². The van der Waals surface area contributed by atoms with Crippen LogP contribution in [0.5, 0.6) is 0 Å². The molecule has 0 atom stereocenters. The number of carboxylic acids is 1. The van der Waals surface area contributed by atoms with Gasteiger partial charge < -0.3 is 10.4 Å². The molecule has 1 aromatic carbocycles. The largest absolute Gasteiger partial charge is 0.477 e. The van der Waals surface area contributed by atoms with E-state index < -0.39 is 5.97 Å². The van der Waals surface area contributed by atoms with Gasteiger partial charge in [0.15, 0.2) is 0 Å². The van der Waals surface area contributed by atoms with Crippen molar-refractivity contribution in [1.82, 2.24) is 4.98 Å². The average Bonchev–Trinajstić information content (AvgIpc) is 2.45. The SMILES string of the molecule is CC(C)c1ccccc1NCc1cccc(C(=O)O)n1. The molecule has 0 unspecified atom stereocenters. The van der Waals surface area contributed by atoms with E-state index in [0.717, 1.165) is 5.69 Å². The summed E-state index contributed by atoms with van der Waals surface area (Å²) < 4.78 is 0. The van der Waals surface area contributed by atoms with Crippen molar-refractivity contribution < 1.29 is 9.90 Å². The van der Waals surface area contributed by atoms with Crippen molar-refractivity contribution >= 4 is 11.7 Å². The molecule has 0 radical (unpaired) electrons. The zero-order chi connectivity index (χ0) is 14.5. The molecule has 104 valence electrons. The van der Waals surface area contributed by atoms with Crippen LogP contribution in [0.25, 0.3) is 0 Å². The summed E-state index contributed by atoms with van der Waals surface area (Å²) in [7, 11) is 0. The van der Waals surface area contributed by atoms with Gasteiger partial charge in [0, 0.05) is 5.69 Å². The number of anilines is 1. The summed E-state index contributed by atoms with van der Waals surface area (Å²) in [5.41, 5.74) is 3.08. The number of aromatic carboxylic acids is 1. The van der Waals surface area contributed by atoms with Gasteiger partial charge in [0.05, 0.1) is 12.2 Å². The zero-order valence-electron chi connectivity index (χ0n) is 11.6. The highest BCUT2D eigenvalue weighted by Crippen LogP contribution is 2.23. The van der Waals surface area contributed by atoms with E-state index >= 15 is 0 Å². The Balaban J connectivity index is 2.13. The second-order valence-corrected chi connectivity index (χ2v) is 4.91. The van der Waals surface area contributed by atoms with Crippen molar-refractivity contribution in [2.24, 2.45) is 0 Å². The second kappa shape index (κ2) is 6.19. The molecule has 1 heterocycles. The van der Waals surface area contributed by atoms with Crippen LogP contribution >= 0.6 is 0 Å². The number of rotatable bonds is 5. The minimum atomic E-state index is -1.01. The van der Waals surface area contributed by atoms with Crippen molar-refractivity contribution in [3.63, 3.8) is 0 Å². The van der Waals surface area contributed by atoms with Crippen molar-refractivity contribution in [3.05, 3.63) is 59.4 Å². The van der Waals surface area contributed by atoms with Gasteiger partial charge in [-0.3, -0.25) is 0 Å². The Bertz CT molecular complexity index is 609. The van der Waals surface area contributed by atoms with E-state index in [0.29, 0.717) is 18.2 Å². The number of hydrogen-bond acceptors (Lipinski definition) is 3. The molecule has 0 saturated carbocycles. The quantitative estimate of drug-likeness (QED) is 0.872. The number of carbonyl (C=O) groups is 1. The maximum atomic E-state index is 10.9. The van der Waals surface area contributed by atoms with Gasteiger partial charge in [-0.25, -0.2) is 9.78 Å². The number of aromatic nitrogens is 1. The second-order valence-electron chi connectivity index (χ2n) is 4.91. The first-order valence-corrected chi connectivity index (χ1v) is 6.60. The lowest BCUT2D eigenvalue weighted by Crippen LogP contribution is -2.07. The van der Waals surface area contributed by atoms with Crippen LogP contribution in [0, 0.1) is 0 Å². The Morgan fingerprint density at radius 3 is 2.65 bits per heavy atom. The predicted molar refractivity (Wildman–Crippen MR) is 79.1 cm³/mol. The molecule has 0 saturated heterocycles. The zero-order valence-corrected chi connectivity index (χ0v) is 11.6. The van der Waals surface area contributed by atoms with Gasteiger partial charge in [-0.05, 0) is 29.7 Å². The van der Waals surface area contributed by atoms with Crippen LogP contribution in [0.2, 0.25) is 0 Å². The van der Waals surface area contributed by atoms with Crippen LogP contribution in [-0.4, -0.2) is 16.1 Å². The van der Waals surface area contributed by atoms with E-state index in [4.69, 9.17) is 5.11 Å². The van der Waals surface area contributed by atoms with Crippen LogP contribution in [0.1, 0.15) is 41.5 Å².